The number of carbonyl (C=O) groups is 1. The Morgan fingerprint density at radius 3 is 2.53 bits per heavy atom. The van der Waals surface area contributed by atoms with Crippen LogP contribution in [0.5, 0.6) is 0 Å². The van der Waals surface area contributed by atoms with Crippen molar-refractivity contribution in [2.75, 3.05) is 0 Å². The summed E-state index contributed by atoms with van der Waals surface area (Å²) in [6.45, 7) is 0. The van der Waals surface area contributed by atoms with Gasteiger partial charge in [-0.3, -0.25) is 4.79 Å². The van der Waals surface area contributed by atoms with E-state index in [2.05, 4.69) is 0 Å². The Kier molecular flexibility index (Phi) is 2.03. The highest BCUT2D eigenvalue weighted by Crippen LogP contribution is 2.81. The predicted molar refractivity (Wildman–Crippen MR) is 76.3 cm³/mol. The second-order valence-electron chi connectivity index (χ2n) is 7.20. The van der Waals surface area contributed by atoms with Crippen LogP contribution in [0.25, 0.3) is 0 Å². The summed E-state index contributed by atoms with van der Waals surface area (Å²) in [5.74, 6) is 0.981. The molecular weight excluding hydrogens is 326 g/mol. The van der Waals surface area contributed by atoms with Gasteiger partial charge in [-0.2, -0.15) is 0 Å². The number of fused-ring (bicyclic) bond motifs is 2. The molecule has 0 N–H and O–H groups in total. The third kappa shape index (κ3) is 0.928. The lowest BCUT2D eigenvalue weighted by molar-refractivity contribution is -0.141. The number of hydrogen-bond acceptors (Lipinski definition) is 1. The van der Waals surface area contributed by atoms with Crippen LogP contribution in [-0.2, 0) is 4.79 Å². The van der Waals surface area contributed by atoms with Gasteiger partial charge in [0.1, 0.15) is 5.78 Å². The molecule has 7 bridgehead atoms. The summed E-state index contributed by atoms with van der Waals surface area (Å²) in [6.07, 6.45) is 3.63. The van der Waals surface area contributed by atoms with Crippen LogP contribution in [0, 0.1) is 29.6 Å². The van der Waals surface area contributed by atoms with Crippen molar-refractivity contribution in [3.8, 4) is 0 Å². The van der Waals surface area contributed by atoms with Crippen molar-refractivity contribution in [1.29, 1.82) is 0 Å². The van der Waals surface area contributed by atoms with Gasteiger partial charge in [-0.1, -0.05) is 0 Å². The van der Waals surface area contributed by atoms with Crippen molar-refractivity contribution < 1.29 is 4.79 Å². The molecule has 0 aliphatic heterocycles. The Bertz CT molecular complexity index is 524. The zero-order valence-corrected chi connectivity index (χ0v) is 13.2. The van der Waals surface area contributed by atoms with Gasteiger partial charge in [0.05, 0.1) is 20.0 Å². The number of carbonyl (C=O) groups excluding carboxylic acids is 1. The number of Topliss-reactive ketones (excluding diaryl/α,β-unsaturated/α-hetero) is 1. The van der Waals surface area contributed by atoms with E-state index in [1.54, 1.807) is 0 Å². The Morgan fingerprint density at radius 2 is 1.79 bits per heavy atom. The number of ketones is 1. The van der Waals surface area contributed by atoms with Crippen LogP contribution in [-0.4, -0.2) is 25.8 Å². The average molecular weight is 340 g/mol. The zero-order chi connectivity index (χ0) is 13.4. The van der Waals surface area contributed by atoms with E-state index in [4.69, 9.17) is 46.4 Å². The second-order valence-corrected chi connectivity index (χ2v) is 9.64. The fourth-order valence-electron chi connectivity index (χ4n) is 6.58. The highest BCUT2D eigenvalue weighted by atomic mass is 35.5. The quantitative estimate of drug-likeness (QED) is 0.613. The minimum absolute atomic E-state index is 0.0558. The monoisotopic (exact) mass is 338 g/mol. The van der Waals surface area contributed by atoms with Crippen molar-refractivity contribution >= 4 is 52.2 Å². The van der Waals surface area contributed by atoms with Crippen molar-refractivity contribution in [2.45, 2.75) is 45.7 Å². The van der Waals surface area contributed by atoms with E-state index in [0.717, 1.165) is 25.7 Å². The largest absolute Gasteiger partial charge is 0.299 e. The summed E-state index contributed by atoms with van der Waals surface area (Å²) in [4.78, 5) is 10.9. The molecule has 0 radical (unpaired) electrons. The van der Waals surface area contributed by atoms with Crippen LogP contribution >= 0.6 is 46.4 Å². The summed E-state index contributed by atoms with van der Waals surface area (Å²) in [6, 6.07) is 0. The van der Waals surface area contributed by atoms with E-state index in [-0.39, 0.29) is 17.8 Å². The molecule has 9 atom stereocenters. The van der Waals surface area contributed by atoms with Gasteiger partial charge >= 0.3 is 0 Å². The minimum atomic E-state index is -0.825. The van der Waals surface area contributed by atoms with Crippen molar-refractivity contribution in [2.24, 2.45) is 29.6 Å². The fraction of sp³-hybridized carbons (Fsp3) is 0.929. The summed E-state index contributed by atoms with van der Waals surface area (Å²) in [5, 5.41) is -0.391. The van der Waals surface area contributed by atoms with Crippen LogP contribution in [0.2, 0.25) is 0 Å². The second kappa shape index (κ2) is 3.12. The minimum Gasteiger partial charge on any atom is -0.299 e. The number of halogens is 4. The first-order chi connectivity index (χ1) is 8.87. The molecule has 19 heavy (non-hydrogen) atoms. The van der Waals surface area contributed by atoms with Crippen LogP contribution in [0.15, 0.2) is 0 Å². The van der Waals surface area contributed by atoms with Gasteiger partial charge in [-0.05, 0) is 43.4 Å². The Morgan fingerprint density at radius 1 is 1.05 bits per heavy atom. The molecule has 1 nitrogen and oxygen atoms in total. The highest BCUT2D eigenvalue weighted by molar-refractivity contribution is 6.45. The van der Waals surface area contributed by atoms with Gasteiger partial charge in [0.25, 0.3) is 0 Å². The highest BCUT2D eigenvalue weighted by Gasteiger charge is 2.87. The van der Waals surface area contributed by atoms with Crippen molar-refractivity contribution in [1.82, 2.24) is 0 Å². The lowest BCUT2D eigenvalue weighted by Crippen LogP contribution is -2.72. The van der Waals surface area contributed by atoms with Gasteiger partial charge in [0.15, 0.2) is 0 Å². The third-order valence-electron chi connectivity index (χ3n) is 7.03. The maximum absolute atomic E-state index is 12.8. The van der Waals surface area contributed by atoms with E-state index in [1.807, 2.05) is 0 Å². The molecule has 0 aromatic heterocycles. The molecule has 0 unspecified atom stereocenters. The molecule has 0 spiro atoms. The van der Waals surface area contributed by atoms with Crippen LogP contribution in [0.4, 0.5) is 0 Å². The molecule has 7 aliphatic rings. The maximum atomic E-state index is 12.8. The van der Waals surface area contributed by atoms with E-state index in [1.165, 1.54) is 0 Å². The van der Waals surface area contributed by atoms with Gasteiger partial charge in [-0.15, -0.1) is 46.4 Å². The fourth-order valence-corrected chi connectivity index (χ4v) is 9.14. The summed E-state index contributed by atoms with van der Waals surface area (Å²) in [7, 11) is 0. The first kappa shape index (κ1) is 12.4. The van der Waals surface area contributed by atoms with Crippen molar-refractivity contribution in [3.05, 3.63) is 0 Å². The Hall–Kier alpha value is 0.830. The molecule has 0 saturated heterocycles. The molecule has 7 rings (SSSR count). The SMILES string of the molecule is O=C1[C@@H]2CC[C@H]3[C@H]4[C@@H]2[C@]2(Cl)CC[C@@]4(Cl)[C@](Cl)([C@@H]13)[C@H]2Cl. The maximum Gasteiger partial charge on any atom is 0.141 e. The van der Waals surface area contributed by atoms with Crippen LogP contribution < -0.4 is 0 Å². The van der Waals surface area contributed by atoms with Gasteiger partial charge < -0.3 is 0 Å². The normalized spacial score (nSPS) is 72.1. The Balaban J connectivity index is 1.88. The van der Waals surface area contributed by atoms with Crippen molar-refractivity contribution in [3.63, 3.8) is 0 Å². The molecule has 0 heterocycles. The summed E-state index contributed by atoms with van der Waals surface area (Å²) in [5.41, 5.74) is 0. The first-order valence-electron chi connectivity index (χ1n) is 7.12. The van der Waals surface area contributed by atoms with Crippen LogP contribution in [0.3, 0.4) is 0 Å². The molecule has 5 heteroatoms. The van der Waals surface area contributed by atoms with Crippen LogP contribution in [0.1, 0.15) is 25.7 Å². The lowest BCUT2D eigenvalue weighted by atomic mass is 9.49. The van der Waals surface area contributed by atoms with E-state index in [0.29, 0.717) is 17.6 Å². The summed E-state index contributed by atoms with van der Waals surface area (Å²) < 4.78 is 0. The third-order valence-corrected chi connectivity index (χ3v) is 10.3. The lowest BCUT2D eigenvalue weighted by Gasteiger charge is -2.64. The molecule has 7 aliphatic carbocycles. The van der Waals surface area contributed by atoms with E-state index >= 15 is 0 Å². The molecule has 0 aromatic carbocycles. The molecule has 0 amide bonds. The Labute approximate surface area is 132 Å². The molecule has 104 valence electrons. The zero-order valence-electron chi connectivity index (χ0n) is 10.2. The van der Waals surface area contributed by atoms with Gasteiger partial charge in [-0.25, -0.2) is 0 Å². The standard InChI is InChI=1S/C14H14Cl4O/c15-11-12(16)3-4-13(17)8-5-1-2-6(7(8)12)10(19)9(5)14(11,13)18/h5-9,11H,1-4H2/t5-,6+,7+,8-,9+,11-,12+,13-,14-/m0/s1. The average Bonchev–Trinajstić information content (AvgIpc) is 2.54. The molecular formula is C14H14Cl4O. The van der Waals surface area contributed by atoms with Gasteiger partial charge in [0, 0.05) is 11.8 Å². The number of hydrogen-bond donors (Lipinski definition) is 0. The predicted octanol–water partition coefficient (Wildman–Crippen LogP) is 3.81. The van der Waals surface area contributed by atoms with Gasteiger partial charge in [0.2, 0.25) is 0 Å². The molecule has 7 fully saturated rings. The number of rotatable bonds is 0. The molecule has 7 saturated carbocycles. The topological polar surface area (TPSA) is 17.1 Å². The van der Waals surface area contributed by atoms with E-state index in [9.17, 15) is 4.79 Å². The first-order valence-corrected chi connectivity index (χ1v) is 8.69. The number of alkyl halides is 4. The summed E-state index contributed by atoms with van der Waals surface area (Å²) >= 11 is 27.7. The van der Waals surface area contributed by atoms with E-state index < -0.39 is 20.0 Å². The smallest absolute Gasteiger partial charge is 0.141 e. The molecule has 0 aromatic rings.